The lowest BCUT2D eigenvalue weighted by Gasteiger charge is -2.28. The molecule has 0 radical (unpaired) electrons. The van der Waals surface area contributed by atoms with Gasteiger partial charge in [-0.2, -0.15) is 0 Å². The maximum absolute atomic E-state index is 9.46. The highest BCUT2D eigenvalue weighted by atomic mass is 16.3. The van der Waals surface area contributed by atoms with Crippen LogP contribution >= 0.6 is 0 Å². The summed E-state index contributed by atoms with van der Waals surface area (Å²) in [7, 11) is 0. The molecule has 90 valence electrons. The second kappa shape index (κ2) is 4.50. The van der Waals surface area contributed by atoms with E-state index in [2.05, 4.69) is 17.5 Å². The van der Waals surface area contributed by atoms with Crippen LogP contribution in [0.25, 0.3) is 0 Å². The zero-order valence-corrected chi connectivity index (χ0v) is 9.94. The molecule has 3 unspecified atom stereocenters. The lowest BCUT2D eigenvalue weighted by Crippen LogP contribution is -2.38. The molecule has 3 aliphatic rings. The van der Waals surface area contributed by atoms with Gasteiger partial charge in [-0.1, -0.05) is 12.2 Å². The Balaban J connectivity index is 1.42. The summed E-state index contributed by atoms with van der Waals surface area (Å²) in [6.07, 6.45) is 12.0. The van der Waals surface area contributed by atoms with E-state index in [0.29, 0.717) is 6.04 Å². The minimum atomic E-state index is -0.0246. The fraction of sp³-hybridized carbons (Fsp3) is 0.857. The number of allylic oxidation sites excluding steroid dienone is 2. The van der Waals surface area contributed by atoms with Crippen molar-refractivity contribution in [3.8, 4) is 0 Å². The maximum Gasteiger partial charge on any atom is 0.0541 e. The van der Waals surface area contributed by atoms with Crippen LogP contribution in [-0.4, -0.2) is 23.8 Å². The van der Waals surface area contributed by atoms with Crippen molar-refractivity contribution in [1.82, 2.24) is 5.32 Å². The van der Waals surface area contributed by atoms with Gasteiger partial charge in [-0.05, 0) is 62.8 Å². The molecular formula is C14H23NO. The van der Waals surface area contributed by atoms with E-state index in [9.17, 15) is 5.11 Å². The lowest BCUT2D eigenvalue weighted by atomic mass is 9.90. The summed E-state index contributed by atoms with van der Waals surface area (Å²) in [5.41, 5.74) is 0. The Labute approximate surface area is 98.1 Å². The van der Waals surface area contributed by atoms with Gasteiger partial charge in [0.05, 0.1) is 6.10 Å². The highest BCUT2D eigenvalue weighted by Gasteiger charge is 2.35. The Morgan fingerprint density at radius 3 is 2.50 bits per heavy atom. The van der Waals surface area contributed by atoms with Crippen LogP contribution in [0.15, 0.2) is 12.2 Å². The predicted molar refractivity (Wildman–Crippen MR) is 65.1 cm³/mol. The van der Waals surface area contributed by atoms with E-state index in [1.165, 1.54) is 19.4 Å². The second-order valence-electron chi connectivity index (χ2n) is 5.95. The van der Waals surface area contributed by atoms with Gasteiger partial charge in [0.1, 0.15) is 0 Å². The first-order valence-corrected chi connectivity index (χ1v) is 6.91. The van der Waals surface area contributed by atoms with Crippen molar-refractivity contribution in [1.29, 1.82) is 0 Å². The first-order chi connectivity index (χ1) is 7.81. The molecule has 3 rings (SSSR count). The van der Waals surface area contributed by atoms with E-state index in [-0.39, 0.29) is 6.10 Å². The molecule has 16 heavy (non-hydrogen) atoms. The first kappa shape index (κ1) is 10.8. The third-order valence-electron chi connectivity index (χ3n) is 4.78. The molecule has 2 nitrogen and oxygen atoms in total. The maximum atomic E-state index is 9.46. The summed E-state index contributed by atoms with van der Waals surface area (Å²) < 4.78 is 0. The molecule has 0 aromatic heterocycles. The fourth-order valence-electron chi connectivity index (χ4n) is 3.73. The fourth-order valence-corrected chi connectivity index (χ4v) is 3.73. The Morgan fingerprint density at radius 2 is 1.88 bits per heavy atom. The Kier molecular flexibility index (Phi) is 3.03. The summed E-state index contributed by atoms with van der Waals surface area (Å²) in [6.45, 7) is 1.20. The van der Waals surface area contributed by atoms with Gasteiger partial charge in [-0.25, -0.2) is 0 Å². The number of nitrogens with one attached hydrogen (secondary N) is 1. The van der Waals surface area contributed by atoms with Gasteiger partial charge in [0.25, 0.3) is 0 Å². The molecule has 3 atom stereocenters. The molecule has 2 fully saturated rings. The van der Waals surface area contributed by atoms with Crippen LogP contribution < -0.4 is 5.32 Å². The van der Waals surface area contributed by atoms with Crippen LogP contribution in [0.3, 0.4) is 0 Å². The topological polar surface area (TPSA) is 32.3 Å². The summed E-state index contributed by atoms with van der Waals surface area (Å²) in [5, 5.41) is 13.2. The molecule has 2 N–H and O–H groups in total. The molecule has 0 aliphatic heterocycles. The van der Waals surface area contributed by atoms with Crippen LogP contribution in [0.5, 0.6) is 0 Å². The van der Waals surface area contributed by atoms with E-state index >= 15 is 0 Å². The number of hydrogen-bond donors (Lipinski definition) is 2. The summed E-state index contributed by atoms with van der Waals surface area (Å²) in [5.74, 6) is 2.65. The highest BCUT2D eigenvalue weighted by Crippen LogP contribution is 2.43. The Morgan fingerprint density at radius 1 is 1.06 bits per heavy atom. The number of hydrogen-bond acceptors (Lipinski definition) is 2. The van der Waals surface area contributed by atoms with E-state index in [4.69, 9.17) is 0 Å². The van der Waals surface area contributed by atoms with Crippen molar-refractivity contribution in [3.63, 3.8) is 0 Å². The average molecular weight is 221 g/mol. The van der Waals surface area contributed by atoms with Crippen LogP contribution in [0.2, 0.25) is 0 Å². The molecule has 2 bridgehead atoms. The van der Waals surface area contributed by atoms with E-state index in [0.717, 1.165) is 43.4 Å². The van der Waals surface area contributed by atoms with Gasteiger partial charge in [-0.3, -0.25) is 0 Å². The smallest absolute Gasteiger partial charge is 0.0541 e. The quantitative estimate of drug-likeness (QED) is 0.715. The first-order valence-electron chi connectivity index (χ1n) is 6.91. The standard InChI is InChI=1S/C14H23NO/c16-14-5-3-13(4-6-14)15-9-12-8-10-1-2-11(12)7-10/h1-2,10-16H,3-9H2. The van der Waals surface area contributed by atoms with Crippen LogP contribution in [-0.2, 0) is 0 Å². The van der Waals surface area contributed by atoms with Gasteiger partial charge in [-0.15, -0.1) is 0 Å². The van der Waals surface area contributed by atoms with E-state index in [1.807, 2.05) is 0 Å². The van der Waals surface area contributed by atoms with Crippen molar-refractivity contribution >= 4 is 0 Å². The number of rotatable bonds is 3. The zero-order valence-electron chi connectivity index (χ0n) is 9.94. The monoisotopic (exact) mass is 221 g/mol. The normalized spacial score (nSPS) is 46.4. The molecule has 0 heterocycles. The highest BCUT2D eigenvalue weighted by molar-refractivity contribution is 5.10. The van der Waals surface area contributed by atoms with E-state index < -0.39 is 0 Å². The molecule has 2 saturated carbocycles. The van der Waals surface area contributed by atoms with Gasteiger partial charge >= 0.3 is 0 Å². The molecule has 0 spiro atoms. The van der Waals surface area contributed by atoms with Crippen molar-refractivity contribution in [2.45, 2.75) is 50.7 Å². The van der Waals surface area contributed by atoms with E-state index in [1.54, 1.807) is 0 Å². The van der Waals surface area contributed by atoms with Gasteiger partial charge in [0.15, 0.2) is 0 Å². The molecule has 3 aliphatic carbocycles. The molecule has 0 aromatic rings. The average Bonchev–Trinajstić information content (AvgIpc) is 2.90. The summed E-state index contributed by atoms with van der Waals surface area (Å²) >= 11 is 0. The third-order valence-corrected chi connectivity index (χ3v) is 4.78. The van der Waals surface area contributed by atoms with Crippen molar-refractivity contribution in [3.05, 3.63) is 12.2 Å². The largest absolute Gasteiger partial charge is 0.393 e. The van der Waals surface area contributed by atoms with Crippen LogP contribution in [0.1, 0.15) is 38.5 Å². The number of fused-ring (bicyclic) bond motifs is 2. The number of aliphatic hydroxyl groups excluding tert-OH is 1. The Bertz CT molecular complexity index is 268. The lowest BCUT2D eigenvalue weighted by molar-refractivity contribution is 0.115. The molecule has 0 aromatic carbocycles. The van der Waals surface area contributed by atoms with Crippen molar-refractivity contribution in [2.24, 2.45) is 17.8 Å². The van der Waals surface area contributed by atoms with Gasteiger partial charge in [0.2, 0.25) is 0 Å². The third kappa shape index (κ3) is 2.18. The predicted octanol–water partition coefficient (Wildman–Crippen LogP) is 2.09. The van der Waals surface area contributed by atoms with Crippen LogP contribution in [0.4, 0.5) is 0 Å². The van der Waals surface area contributed by atoms with Crippen molar-refractivity contribution in [2.75, 3.05) is 6.54 Å². The molecule has 0 saturated heterocycles. The van der Waals surface area contributed by atoms with Gasteiger partial charge in [0, 0.05) is 6.04 Å². The molecule has 2 heteroatoms. The van der Waals surface area contributed by atoms with Crippen LogP contribution in [0, 0.1) is 17.8 Å². The summed E-state index contributed by atoms with van der Waals surface area (Å²) in [4.78, 5) is 0. The SMILES string of the molecule is OC1CCC(NCC2CC3C=CC2C3)CC1. The number of aliphatic hydroxyl groups is 1. The minimum Gasteiger partial charge on any atom is -0.393 e. The molecule has 0 amide bonds. The zero-order chi connectivity index (χ0) is 11.0. The Hall–Kier alpha value is -0.340. The second-order valence-corrected chi connectivity index (χ2v) is 5.95. The molecular weight excluding hydrogens is 198 g/mol. The summed E-state index contributed by atoms with van der Waals surface area (Å²) in [6, 6.07) is 0.673. The van der Waals surface area contributed by atoms with Crippen molar-refractivity contribution < 1.29 is 5.11 Å². The minimum absolute atomic E-state index is 0.0246. The van der Waals surface area contributed by atoms with Gasteiger partial charge < -0.3 is 10.4 Å².